The van der Waals surface area contributed by atoms with Crippen molar-refractivity contribution in [2.24, 2.45) is 0 Å². The van der Waals surface area contributed by atoms with E-state index >= 15 is 0 Å². The molecule has 1 aromatic carbocycles. The van der Waals surface area contributed by atoms with Gasteiger partial charge >= 0.3 is 6.18 Å². The van der Waals surface area contributed by atoms with Gasteiger partial charge in [0.05, 0.1) is 11.7 Å². The Hall–Kier alpha value is -1.14. The zero-order valence-corrected chi connectivity index (χ0v) is 10.6. The maximum Gasteiger partial charge on any atom is 0.416 e. The van der Waals surface area contributed by atoms with Crippen molar-refractivity contribution in [3.63, 3.8) is 0 Å². The van der Waals surface area contributed by atoms with Gasteiger partial charge < -0.3 is 10.4 Å². The van der Waals surface area contributed by atoms with Crippen molar-refractivity contribution in [2.45, 2.75) is 38.6 Å². The molecule has 0 saturated heterocycles. The number of nitrogens with one attached hydrogen (secondary N) is 1. The number of halogens is 4. The highest BCUT2D eigenvalue weighted by molar-refractivity contribution is 5.30. The topological polar surface area (TPSA) is 32.3 Å². The van der Waals surface area contributed by atoms with Crippen LogP contribution in [0.1, 0.15) is 30.9 Å². The highest BCUT2D eigenvalue weighted by Crippen LogP contribution is 2.32. The summed E-state index contributed by atoms with van der Waals surface area (Å²) in [4.78, 5) is 0. The Balaban J connectivity index is 2.68. The van der Waals surface area contributed by atoms with Gasteiger partial charge in [-0.1, -0.05) is 19.4 Å². The summed E-state index contributed by atoms with van der Waals surface area (Å²) in [6.45, 7) is 2.06. The average molecular weight is 279 g/mol. The number of alkyl halides is 3. The summed E-state index contributed by atoms with van der Waals surface area (Å²) in [6, 6.07) is 2.59. The van der Waals surface area contributed by atoms with Gasteiger partial charge in [-0.25, -0.2) is 4.39 Å². The number of aliphatic hydroxyl groups excluding tert-OH is 1. The first kappa shape index (κ1) is 15.9. The molecule has 0 radical (unpaired) electrons. The summed E-state index contributed by atoms with van der Waals surface area (Å²) in [5.41, 5.74) is -1.01. The zero-order chi connectivity index (χ0) is 14.5. The smallest absolute Gasteiger partial charge is 0.392 e. The molecule has 0 aliphatic heterocycles. The van der Waals surface area contributed by atoms with E-state index in [4.69, 9.17) is 0 Å². The van der Waals surface area contributed by atoms with Gasteiger partial charge in [-0.05, 0) is 24.1 Å². The van der Waals surface area contributed by atoms with Crippen LogP contribution in [-0.2, 0) is 12.7 Å². The van der Waals surface area contributed by atoms with Gasteiger partial charge in [-0.2, -0.15) is 13.2 Å². The van der Waals surface area contributed by atoms with Crippen LogP contribution >= 0.6 is 0 Å². The zero-order valence-electron chi connectivity index (χ0n) is 10.6. The fourth-order valence-corrected chi connectivity index (χ4v) is 1.78. The molecule has 0 aromatic heterocycles. The van der Waals surface area contributed by atoms with Crippen LogP contribution in [0.2, 0.25) is 0 Å². The molecule has 2 N–H and O–H groups in total. The molecule has 1 aromatic rings. The summed E-state index contributed by atoms with van der Waals surface area (Å²) in [5.74, 6) is -0.915. The highest BCUT2D eigenvalue weighted by Gasteiger charge is 2.33. The quantitative estimate of drug-likeness (QED) is 0.784. The molecule has 1 atom stereocenters. The predicted molar refractivity (Wildman–Crippen MR) is 64.0 cm³/mol. The van der Waals surface area contributed by atoms with Gasteiger partial charge in [-0.15, -0.1) is 0 Å². The van der Waals surface area contributed by atoms with Crippen molar-refractivity contribution in [3.05, 3.63) is 35.1 Å². The molecule has 0 aliphatic carbocycles. The Morgan fingerprint density at radius 2 is 2.00 bits per heavy atom. The molecule has 0 bridgehead atoms. The van der Waals surface area contributed by atoms with Crippen LogP contribution in [0.15, 0.2) is 18.2 Å². The van der Waals surface area contributed by atoms with Crippen molar-refractivity contribution in [1.29, 1.82) is 0 Å². The molecule has 2 nitrogen and oxygen atoms in total. The van der Waals surface area contributed by atoms with Crippen LogP contribution in [0.3, 0.4) is 0 Å². The van der Waals surface area contributed by atoms with E-state index in [1.807, 2.05) is 6.92 Å². The SMILES string of the molecule is CCCC(O)CNCc1ccc(F)cc1C(F)(F)F. The minimum atomic E-state index is -4.58. The molecule has 0 fully saturated rings. The second kappa shape index (κ2) is 6.86. The minimum absolute atomic E-state index is 0.0300. The van der Waals surface area contributed by atoms with Gasteiger partial charge in [-0.3, -0.25) is 0 Å². The van der Waals surface area contributed by atoms with Gasteiger partial charge in [0.15, 0.2) is 0 Å². The van der Waals surface area contributed by atoms with E-state index in [1.165, 1.54) is 0 Å². The van der Waals surface area contributed by atoms with Crippen molar-refractivity contribution in [1.82, 2.24) is 5.32 Å². The largest absolute Gasteiger partial charge is 0.416 e. The lowest BCUT2D eigenvalue weighted by Crippen LogP contribution is -2.27. The van der Waals surface area contributed by atoms with Crippen LogP contribution in [0.5, 0.6) is 0 Å². The second-order valence-electron chi connectivity index (χ2n) is 4.37. The van der Waals surface area contributed by atoms with Crippen molar-refractivity contribution in [2.75, 3.05) is 6.54 Å². The fourth-order valence-electron chi connectivity index (χ4n) is 1.78. The van der Waals surface area contributed by atoms with Crippen molar-refractivity contribution in [3.8, 4) is 0 Å². The van der Waals surface area contributed by atoms with E-state index in [0.29, 0.717) is 12.5 Å². The molecule has 0 spiro atoms. The predicted octanol–water partition coefficient (Wildman–Crippen LogP) is 3.10. The Morgan fingerprint density at radius 3 is 2.58 bits per heavy atom. The van der Waals surface area contributed by atoms with E-state index in [2.05, 4.69) is 5.32 Å². The maximum absolute atomic E-state index is 12.9. The first-order chi connectivity index (χ1) is 8.84. The average Bonchev–Trinajstić information content (AvgIpc) is 2.30. The Morgan fingerprint density at radius 1 is 1.32 bits per heavy atom. The van der Waals surface area contributed by atoms with Crippen LogP contribution in [-0.4, -0.2) is 17.8 Å². The van der Waals surface area contributed by atoms with E-state index in [0.717, 1.165) is 18.6 Å². The molecule has 19 heavy (non-hydrogen) atoms. The first-order valence-electron chi connectivity index (χ1n) is 6.09. The molecule has 0 heterocycles. The Bertz CT molecular complexity index is 406. The lowest BCUT2D eigenvalue weighted by Gasteiger charge is -2.15. The first-order valence-corrected chi connectivity index (χ1v) is 6.09. The van der Waals surface area contributed by atoms with Gasteiger partial charge in [0.2, 0.25) is 0 Å². The van der Waals surface area contributed by atoms with Crippen LogP contribution in [0.4, 0.5) is 17.6 Å². The lowest BCUT2D eigenvalue weighted by atomic mass is 10.1. The molecule has 1 rings (SSSR count). The fraction of sp³-hybridized carbons (Fsp3) is 0.538. The third-order valence-corrected chi connectivity index (χ3v) is 2.69. The third-order valence-electron chi connectivity index (χ3n) is 2.69. The molecule has 0 saturated carbocycles. The summed E-state index contributed by atoms with van der Waals surface area (Å²) < 4.78 is 50.9. The van der Waals surface area contributed by atoms with Gasteiger partial charge in [0.1, 0.15) is 5.82 Å². The van der Waals surface area contributed by atoms with Crippen molar-refractivity contribution < 1.29 is 22.7 Å². The highest BCUT2D eigenvalue weighted by atomic mass is 19.4. The third kappa shape index (κ3) is 5.16. The molecular formula is C13H17F4NO. The minimum Gasteiger partial charge on any atom is -0.392 e. The van der Waals surface area contributed by atoms with E-state index in [1.54, 1.807) is 0 Å². The molecule has 6 heteroatoms. The Kier molecular flexibility index (Phi) is 5.75. The van der Waals surface area contributed by atoms with Gasteiger partial charge in [0, 0.05) is 13.1 Å². The number of hydrogen-bond donors (Lipinski definition) is 2. The molecule has 0 aliphatic rings. The summed E-state index contributed by atoms with van der Waals surface area (Å²) in [7, 11) is 0. The number of rotatable bonds is 6. The number of benzene rings is 1. The van der Waals surface area contributed by atoms with Crippen LogP contribution < -0.4 is 5.32 Å². The maximum atomic E-state index is 12.9. The van der Waals surface area contributed by atoms with Crippen LogP contribution in [0.25, 0.3) is 0 Å². The monoisotopic (exact) mass is 279 g/mol. The van der Waals surface area contributed by atoms with E-state index < -0.39 is 23.7 Å². The molecule has 1 unspecified atom stereocenters. The molecular weight excluding hydrogens is 262 g/mol. The van der Waals surface area contributed by atoms with Crippen molar-refractivity contribution >= 4 is 0 Å². The second-order valence-corrected chi connectivity index (χ2v) is 4.37. The van der Waals surface area contributed by atoms with Crippen LogP contribution in [0, 0.1) is 5.82 Å². The normalized spacial score (nSPS) is 13.6. The molecule has 0 amide bonds. The lowest BCUT2D eigenvalue weighted by molar-refractivity contribution is -0.138. The Labute approximate surface area is 109 Å². The number of hydrogen-bond acceptors (Lipinski definition) is 2. The van der Waals surface area contributed by atoms with E-state index in [-0.39, 0.29) is 18.7 Å². The standard InChI is InChI=1S/C13H17F4NO/c1-2-3-11(19)8-18-7-9-4-5-10(14)6-12(9)13(15,16)17/h4-6,11,18-19H,2-3,7-8H2,1H3. The van der Waals surface area contributed by atoms with E-state index in [9.17, 15) is 22.7 Å². The van der Waals surface area contributed by atoms with Gasteiger partial charge in [0.25, 0.3) is 0 Å². The summed E-state index contributed by atoms with van der Waals surface area (Å²) >= 11 is 0. The number of aliphatic hydroxyl groups is 1. The summed E-state index contributed by atoms with van der Waals surface area (Å²) in [6.07, 6.45) is -3.78. The summed E-state index contributed by atoms with van der Waals surface area (Å²) in [5, 5.41) is 12.2. The molecule has 108 valence electrons.